The minimum Gasteiger partial charge on any atom is -0.352 e. The maximum absolute atomic E-state index is 12.2. The van der Waals surface area contributed by atoms with Gasteiger partial charge in [-0.15, -0.1) is 0 Å². The number of benzene rings is 2. The Balaban J connectivity index is 1.70. The number of amides is 1. The lowest BCUT2D eigenvalue weighted by molar-refractivity contribution is 0.0954. The molecule has 0 spiro atoms. The first-order chi connectivity index (χ1) is 12.1. The highest BCUT2D eigenvalue weighted by atomic mass is 16.1. The molecule has 2 aromatic carbocycles. The van der Waals surface area contributed by atoms with Gasteiger partial charge in [0.2, 0.25) is 0 Å². The van der Waals surface area contributed by atoms with Crippen molar-refractivity contribution in [2.45, 2.75) is 13.0 Å². The third kappa shape index (κ3) is 4.25. The Labute approximate surface area is 148 Å². The molecule has 1 heterocycles. The molecule has 5 heteroatoms. The van der Waals surface area contributed by atoms with Crippen molar-refractivity contribution in [1.29, 1.82) is 0 Å². The van der Waals surface area contributed by atoms with Crippen molar-refractivity contribution < 1.29 is 4.79 Å². The molecule has 0 aliphatic rings. The highest BCUT2D eigenvalue weighted by Gasteiger charge is 2.11. The molecular weight excluding hydrogens is 312 g/mol. The van der Waals surface area contributed by atoms with E-state index in [1.165, 1.54) is 0 Å². The largest absolute Gasteiger partial charge is 0.352 e. The van der Waals surface area contributed by atoms with Gasteiger partial charge in [0, 0.05) is 31.6 Å². The quantitative estimate of drug-likeness (QED) is 0.721. The van der Waals surface area contributed by atoms with E-state index >= 15 is 0 Å². The maximum Gasteiger partial charge on any atom is 0.251 e. The van der Waals surface area contributed by atoms with Crippen LogP contribution in [-0.2, 0) is 13.0 Å². The van der Waals surface area contributed by atoms with Crippen LogP contribution in [0.4, 0.5) is 0 Å². The van der Waals surface area contributed by atoms with Crippen LogP contribution in [-0.4, -0.2) is 47.5 Å². The molecule has 0 saturated heterocycles. The van der Waals surface area contributed by atoms with Crippen LogP contribution in [0.15, 0.2) is 54.6 Å². The summed E-state index contributed by atoms with van der Waals surface area (Å²) < 4.78 is 2.25. The van der Waals surface area contributed by atoms with Gasteiger partial charge in [-0.25, -0.2) is 4.98 Å². The van der Waals surface area contributed by atoms with Gasteiger partial charge in [-0.1, -0.05) is 30.3 Å². The Bertz CT molecular complexity index is 839. The Morgan fingerprint density at radius 2 is 1.80 bits per heavy atom. The first-order valence-electron chi connectivity index (χ1n) is 8.57. The zero-order valence-electron chi connectivity index (χ0n) is 14.8. The number of hydrogen-bond donors (Lipinski definition) is 1. The zero-order valence-corrected chi connectivity index (χ0v) is 14.8. The van der Waals surface area contributed by atoms with Crippen LogP contribution in [0.2, 0.25) is 0 Å². The molecule has 0 atom stereocenters. The van der Waals surface area contributed by atoms with Crippen LogP contribution in [0.1, 0.15) is 16.2 Å². The first kappa shape index (κ1) is 17.2. The molecule has 130 valence electrons. The lowest BCUT2D eigenvalue weighted by Gasteiger charge is -2.13. The highest BCUT2D eigenvalue weighted by molar-refractivity contribution is 5.94. The second-order valence-electron chi connectivity index (χ2n) is 6.34. The number of para-hydroxylation sites is 2. The molecule has 0 unspecified atom stereocenters. The monoisotopic (exact) mass is 336 g/mol. The lowest BCUT2D eigenvalue weighted by atomic mass is 10.2. The number of aromatic nitrogens is 2. The van der Waals surface area contributed by atoms with Crippen molar-refractivity contribution in [3.05, 3.63) is 66.0 Å². The molecule has 0 bridgehead atoms. The average Bonchev–Trinajstić information content (AvgIpc) is 2.98. The number of fused-ring (bicyclic) bond motifs is 1. The van der Waals surface area contributed by atoms with Crippen LogP contribution in [0.25, 0.3) is 11.0 Å². The second kappa shape index (κ2) is 7.94. The van der Waals surface area contributed by atoms with Gasteiger partial charge >= 0.3 is 0 Å². The van der Waals surface area contributed by atoms with E-state index in [4.69, 9.17) is 4.98 Å². The van der Waals surface area contributed by atoms with Crippen LogP contribution in [0, 0.1) is 0 Å². The van der Waals surface area contributed by atoms with E-state index in [-0.39, 0.29) is 5.91 Å². The predicted molar refractivity (Wildman–Crippen MR) is 101 cm³/mol. The molecule has 1 amide bonds. The summed E-state index contributed by atoms with van der Waals surface area (Å²) in [5.74, 6) is 0.966. The van der Waals surface area contributed by atoms with E-state index in [9.17, 15) is 4.79 Å². The fourth-order valence-corrected chi connectivity index (χ4v) is 2.85. The molecule has 5 nitrogen and oxygen atoms in total. The van der Waals surface area contributed by atoms with E-state index in [0.29, 0.717) is 18.5 Å². The topological polar surface area (TPSA) is 50.2 Å². The molecule has 25 heavy (non-hydrogen) atoms. The SMILES string of the molecule is CN(C)CCn1c(CCNC(=O)c2ccccc2)nc2ccccc21. The van der Waals surface area contributed by atoms with Gasteiger partial charge < -0.3 is 14.8 Å². The number of hydrogen-bond acceptors (Lipinski definition) is 3. The van der Waals surface area contributed by atoms with E-state index in [2.05, 4.69) is 34.9 Å². The van der Waals surface area contributed by atoms with Gasteiger partial charge in [-0.2, -0.15) is 0 Å². The van der Waals surface area contributed by atoms with Crippen molar-refractivity contribution >= 4 is 16.9 Å². The van der Waals surface area contributed by atoms with Crippen LogP contribution < -0.4 is 5.32 Å². The minimum absolute atomic E-state index is 0.0449. The number of carbonyl (C=O) groups is 1. The summed E-state index contributed by atoms with van der Waals surface area (Å²) in [5, 5.41) is 2.98. The number of nitrogens with zero attached hydrogens (tertiary/aromatic N) is 3. The Hall–Kier alpha value is -2.66. The van der Waals surface area contributed by atoms with Crippen molar-refractivity contribution in [1.82, 2.24) is 19.8 Å². The van der Waals surface area contributed by atoms with E-state index < -0.39 is 0 Å². The fourth-order valence-electron chi connectivity index (χ4n) is 2.85. The smallest absolute Gasteiger partial charge is 0.251 e. The van der Waals surface area contributed by atoms with Gasteiger partial charge in [-0.3, -0.25) is 4.79 Å². The third-order valence-electron chi connectivity index (χ3n) is 4.17. The van der Waals surface area contributed by atoms with Crippen molar-refractivity contribution in [2.75, 3.05) is 27.2 Å². The van der Waals surface area contributed by atoms with Crippen LogP contribution in [0.5, 0.6) is 0 Å². The Kier molecular flexibility index (Phi) is 5.46. The molecule has 3 rings (SSSR count). The summed E-state index contributed by atoms with van der Waals surface area (Å²) in [5.41, 5.74) is 2.84. The fraction of sp³-hybridized carbons (Fsp3) is 0.300. The molecule has 3 aromatic rings. The maximum atomic E-state index is 12.2. The summed E-state index contributed by atoms with van der Waals surface area (Å²) in [6.07, 6.45) is 0.709. The van der Waals surface area contributed by atoms with Gasteiger partial charge in [0.1, 0.15) is 5.82 Å². The molecule has 0 radical (unpaired) electrons. The Morgan fingerprint density at radius 1 is 1.08 bits per heavy atom. The van der Waals surface area contributed by atoms with Crippen LogP contribution in [0.3, 0.4) is 0 Å². The van der Waals surface area contributed by atoms with Gasteiger partial charge in [0.15, 0.2) is 0 Å². The van der Waals surface area contributed by atoms with E-state index in [1.54, 1.807) is 0 Å². The summed E-state index contributed by atoms with van der Waals surface area (Å²) in [7, 11) is 4.14. The molecular formula is C20H24N4O. The van der Waals surface area contributed by atoms with Crippen molar-refractivity contribution in [3.8, 4) is 0 Å². The zero-order chi connectivity index (χ0) is 17.6. The molecule has 0 aliphatic heterocycles. The first-order valence-corrected chi connectivity index (χ1v) is 8.57. The number of rotatable bonds is 7. The summed E-state index contributed by atoms with van der Waals surface area (Å²) in [4.78, 5) is 19.1. The lowest BCUT2D eigenvalue weighted by Crippen LogP contribution is -2.27. The standard InChI is InChI=1S/C20H24N4O/c1-23(2)14-15-24-18-11-7-6-10-17(18)22-19(24)12-13-21-20(25)16-8-4-3-5-9-16/h3-11H,12-15H2,1-2H3,(H,21,25). The molecule has 0 fully saturated rings. The molecule has 0 saturated carbocycles. The number of imidazole rings is 1. The Morgan fingerprint density at radius 3 is 2.56 bits per heavy atom. The van der Waals surface area contributed by atoms with Gasteiger partial charge in [-0.05, 0) is 38.4 Å². The van der Waals surface area contributed by atoms with Gasteiger partial charge in [0.25, 0.3) is 5.91 Å². The summed E-state index contributed by atoms with van der Waals surface area (Å²) in [6, 6.07) is 17.5. The second-order valence-corrected chi connectivity index (χ2v) is 6.34. The normalized spacial score (nSPS) is 11.2. The number of nitrogens with one attached hydrogen (secondary N) is 1. The molecule has 1 N–H and O–H groups in total. The minimum atomic E-state index is -0.0449. The molecule has 0 aliphatic carbocycles. The summed E-state index contributed by atoms with van der Waals surface area (Å²) in [6.45, 7) is 2.40. The molecule has 1 aromatic heterocycles. The van der Waals surface area contributed by atoms with E-state index in [1.807, 2.05) is 48.5 Å². The average molecular weight is 336 g/mol. The highest BCUT2D eigenvalue weighted by Crippen LogP contribution is 2.16. The summed E-state index contributed by atoms with van der Waals surface area (Å²) >= 11 is 0. The van der Waals surface area contributed by atoms with Crippen molar-refractivity contribution in [2.24, 2.45) is 0 Å². The number of likely N-dealkylation sites (N-methyl/N-ethyl adjacent to an activating group) is 1. The third-order valence-corrected chi connectivity index (χ3v) is 4.17. The van der Waals surface area contributed by atoms with Crippen LogP contribution >= 0.6 is 0 Å². The number of carbonyl (C=O) groups excluding carboxylic acids is 1. The van der Waals surface area contributed by atoms with Gasteiger partial charge in [0.05, 0.1) is 11.0 Å². The predicted octanol–water partition coefficient (Wildman–Crippen LogP) is 2.57. The van der Waals surface area contributed by atoms with Crippen molar-refractivity contribution in [3.63, 3.8) is 0 Å². The van der Waals surface area contributed by atoms with E-state index in [0.717, 1.165) is 29.9 Å².